The Morgan fingerprint density at radius 3 is 2.38 bits per heavy atom. The number of hydrogen-bond acceptors (Lipinski definition) is 3. The summed E-state index contributed by atoms with van der Waals surface area (Å²) in [6.07, 6.45) is 1.66. The first-order valence-electron chi connectivity index (χ1n) is 8.07. The predicted octanol–water partition coefficient (Wildman–Crippen LogP) is 5.25. The molecule has 3 rings (SSSR count). The fourth-order valence-electron chi connectivity index (χ4n) is 2.26. The van der Waals surface area contributed by atoms with E-state index in [0.717, 1.165) is 21.3 Å². The number of nitrogens with zero attached hydrogens (tertiary/aromatic N) is 1. The number of oxime groups is 1. The molecular formula is C21H17BrN2O2. The van der Waals surface area contributed by atoms with Crippen molar-refractivity contribution in [2.75, 3.05) is 5.32 Å². The van der Waals surface area contributed by atoms with Crippen LogP contribution in [0.4, 0.5) is 5.69 Å². The molecule has 1 amide bonds. The highest BCUT2D eigenvalue weighted by Gasteiger charge is 2.05. The molecule has 0 atom stereocenters. The van der Waals surface area contributed by atoms with E-state index in [4.69, 9.17) is 4.84 Å². The fourth-order valence-corrected chi connectivity index (χ4v) is 2.65. The number of para-hydroxylation sites is 1. The van der Waals surface area contributed by atoms with E-state index in [9.17, 15) is 4.79 Å². The summed E-state index contributed by atoms with van der Waals surface area (Å²) in [7, 11) is 0. The fraction of sp³-hybridized carbons (Fsp3) is 0.0476. The van der Waals surface area contributed by atoms with Gasteiger partial charge in [0.25, 0.3) is 5.91 Å². The van der Waals surface area contributed by atoms with Crippen molar-refractivity contribution in [2.24, 2.45) is 5.16 Å². The van der Waals surface area contributed by atoms with Gasteiger partial charge in [-0.15, -0.1) is 0 Å². The SMILES string of the molecule is O=C(Nc1ccccc1)c1ccc(CO/N=C\c2ccccc2Br)cc1. The summed E-state index contributed by atoms with van der Waals surface area (Å²) < 4.78 is 0.959. The highest BCUT2D eigenvalue weighted by Crippen LogP contribution is 2.14. The van der Waals surface area contributed by atoms with Crippen molar-refractivity contribution in [2.45, 2.75) is 6.61 Å². The monoisotopic (exact) mass is 408 g/mol. The van der Waals surface area contributed by atoms with Crippen LogP contribution in [0.25, 0.3) is 0 Å². The van der Waals surface area contributed by atoms with E-state index in [1.807, 2.05) is 66.7 Å². The van der Waals surface area contributed by atoms with Crippen LogP contribution in [0.3, 0.4) is 0 Å². The third kappa shape index (κ3) is 5.04. The van der Waals surface area contributed by atoms with E-state index in [1.165, 1.54) is 0 Å². The maximum Gasteiger partial charge on any atom is 0.255 e. The minimum absolute atomic E-state index is 0.143. The number of carbonyl (C=O) groups excluding carboxylic acids is 1. The second-order valence-corrected chi connectivity index (χ2v) is 6.40. The van der Waals surface area contributed by atoms with Gasteiger partial charge in [-0.1, -0.05) is 69.6 Å². The molecule has 0 spiro atoms. The van der Waals surface area contributed by atoms with E-state index >= 15 is 0 Å². The van der Waals surface area contributed by atoms with Gasteiger partial charge < -0.3 is 10.2 Å². The molecule has 0 heterocycles. The van der Waals surface area contributed by atoms with E-state index in [1.54, 1.807) is 18.3 Å². The quantitative estimate of drug-likeness (QED) is 0.447. The van der Waals surface area contributed by atoms with Gasteiger partial charge in [-0.05, 0) is 35.9 Å². The second-order valence-electron chi connectivity index (χ2n) is 5.55. The van der Waals surface area contributed by atoms with Crippen molar-refractivity contribution in [1.29, 1.82) is 0 Å². The van der Waals surface area contributed by atoms with Crippen LogP contribution in [0.5, 0.6) is 0 Å². The molecule has 26 heavy (non-hydrogen) atoms. The van der Waals surface area contributed by atoms with Crippen LogP contribution >= 0.6 is 15.9 Å². The smallest absolute Gasteiger partial charge is 0.255 e. The summed E-state index contributed by atoms with van der Waals surface area (Å²) in [5.41, 5.74) is 3.24. The van der Waals surface area contributed by atoms with Crippen molar-refractivity contribution in [3.63, 3.8) is 0 Å². The number of benzene rings is 3. The number of hydrogen-bond donors (Lipinski definition) is 1. The minimum atomic E-state index is -0.143. The summed E-state index contributed by atoms with van der Waals surface area (Å²) in [6.45, 7) is 0.335. The van der Waals surface area contributed by atoms with Gasteiger partial charge in [0, 0.05) is 21.3 Å². The first-order valence-corrected chi connectivity index (χ1v) is 8.87. The van der Waals surface area contributed by atoms with Gasteiger partial charge in [0.1, 0.15) is 6.61 Å². The van der Waals surface area contributed by atoms with Crippen molar-refractivity contribution in [1.82, 2.24) is 0 Å². The minimum Gasteiger partial charge on any atom is -0.391 e. The molecule has 0 saturated heterocycles. The molecule has 0 unspecified atom stereocenters. The molecule has 3 aromatic rings. The molecule has 4 nitrogen and oxygen atoms in total. The second kappa shape index (κ2) is 8.97. The summed E-state index contributed by atoms with van der Waals surface area (Å²) in [4.78, 5) is 17.5. The standard InChI is InChI=1S/C21H17BrN2O2/c22-20-9-5-4-6-18(20)14-23-26-15-16-10-12-17(13-11-16)21(25)24-19-7-2-1-3-8-19/h1-14H,15H2,(H,24,25)/b23-14-. The summed E-state index contributed by atoms with van der Waals surface area (Å²) in [5, 5.41) is 6.83. The van der Waals surface area contributed by atoms with Crippen LogP contribution in [0.1, 0.15) is 21.5 Å². The Bertz CT molecular complexity index is 893. The molecule has 0 saturated carbocycles. The molecule has 0 aliphatic rings. The number of anilines is 1. The largest absolute Gasteiger partial charge is 0.391 e. The van der Waals surface area contributed by atoms with Gasteiger partial charge in [-0.3, -0.25) is 4.79 Å². The van der Waals surface area contributed by atoms with Crippen LogP contribution in [-0.4, -0.2) is 12.1 Å². The van der Waals surface area contributed by atoms with Crippen molar-refractivity contribution < 1.29 is 9.63 Å². The first kappa shape index (κ1) is 17.9. The molecule has 3 aromatic carbocycles. The Morgan fingerprint density at radius 1 is 0.962 bits per heavy atom. The van der Waals surface area contributed by atoms with Crippen molar-refractivity contribution in [3.05, 3.63) is 100 Å². The van der Waals surface area contributed by atoms with Gasteiger partial charge in [-0.25, -0.2) is 0 Å². The topological polar surface area (TPSA) is 50.7 Å². The van der Waals surface area contributed by atoms with E-state index in [0.29, 0.717) is 12.2 Å². The average molecular weight is 409 g/mol. The Kier molecular flexibility index (Phi) is 6.17. The molecule has 1 N–H and O–H groups in total. The Labute approximate surface area is 160 Å². The predicted molar refractivity (Wildman–Crippen MR) is 107 cm³/mol. The number of amides is 1. The van der Waals surface area contributed by atoms with Gasteiger partial charge >= 0.3 is 0 Å². The van der Waals surface area contributed by atoms with Gasteiger partial charge in [-0.2, -0.15) is 0 Å². The number of nitrogens with one attached hydrogen (secondary N) is 1. The highest BCUT2D eigenvalue weighted by molar-refractivity contribution is 9.10. The van der Waals surface area contributed by atoms with E-state index in [2.05, 4.69) is 26.4 Å². The maximum absolute atomic E-state index is 12.2. The maximum atomic E-state index is 12.2. The first-order chi connectivity index (χ1) is 12.7. The zero-order valence-corrected chi connectivity index (χ0v) is 15.5. The van der Waals surface area contributed by atoms with Crippen LogP contribution in [-0.2, 0) is 11.4 Å². The van der Waals surface area contributed by atoms with Gasteiger partial charge in [0.05, 0.1) is 6.21 Å². The number of rotatable bonds is 6. The van der Waals surface area contributed by atoms with Gasteiger partial charge in [0.2, 0.25) is 0 Å². The normalized spacial score (nSPS) is 10.7. The van der Waals surface area contributed by atoms with Crippen LogP contribution in [0.2, 0.25) is 0 Å². The van der Waals surface area contributed by atoms with Crippen LogP contribution in [0, 0.1) is 0 Å². The third-order valence-electron chi connectivity index (χ3n) is 3.65. The summed E-state index contributed by atoms with van der Waals surface area (Å²) in [6, 6.07) is 24.4. The van der Waals surface area contributed by atoms with Crippen molar-refractivity contribution >= 4 is 33.7 Å². The average Bonchev–Trinajstić information content (AvgIpc) is 2.68. The lowest BCUT2D eigenvalue weighted by Crippen LogP contribution is -2.11. The lowest BCUT2D eigenvalue weighted by Gasteiger charge is -2.06. The molecule has 5 heteroatoms. The molecule has 0 fully saturated rings. The van der Waals surface area contributed by atoms with Crippen LogP contribution < -0.4 is 5.32 Å². The van der Waals surface area contributed by atoms with E-state index in [-0.39, 0.29) is 5.91 Å². The molecule has 0 bridgehead atoms. The lowest BCUT2D eigenvalue weighted by atomic mass is 10.1. The third-order valence-corrected chi connectivity index (χ3v) is 4.37. The lowest BCUT2D eigenvalue weighted by molar-refractivity contribution is 0.102. The zero-order valence-electron chi connectivity index (χ0n) is 13.9. The Balaban J connectivity index is 1.53. The van der Waals surface area contributed by atoms with Crippen molar-refractivity contribution in [3.8, 4) is 0 Å². The molecule has 130 valence electrons. The highest BCUT2D eigenvalue weighted by atomic mass is 79.9. The molecule has 0 radical (unpaired) electrons. The van der Waals surface area contributed by atoms with Crippen LogP contribution in [0.15, 0.2) is 88.5 Å². The Morgan fingerprint density at radius 2 is 1.65 bits per heavy atom. The van der Waals surface area contributed by atoms with E-state index < -0.39 is 0 Å². The Hall–Kier alpha value is -2.92. The number of carbonyl (C=O) groups is 1. The summed E-state index contributed by atoms with van der Waals surface area (Å²) in [5.74, 6) is -0.143. The molecule has 0 aliphatic carbocycles. The molecule has 0 aliphatic heterocycles. The molecular weight excluding hydrogens is 392 g/mol. The molecule has 0 aromatic heterocycles. The number of halogens is 1. The zero-order chi connectivity index (χ0) is 18.2. The summed E-state index contributed by atoms with van der Waals surface area (Å²) >= 11 is 3.45. The van der Waals surface area contributed by atoms with Gasteiger partial charge in [0.15, 0.2) is 0 Å².